The molecule has 0 aliphatic heterocycles. The zero-order chi connectivity index (χ0) is 10.8. The predicted octanol–water partition coefficient (Wildman–Crippen LogP) is 3.78. The molecule has 2 aromatic rings. The summed E-state index contributed by atoms with van der Waals surface area (Å²) in [6.07, 6.45) is 0. The monoisotopic (exact) mass is 285 g/mol. The van der Waals surface area contributed by atoms with Crippen molar-refractivity contribution in [2.24, 2.45) is 5.73 Å². The first-order valence-corrected chi connectivity index (χ1v) is 6.11. The van der Waals surface area contributed by atoms with Crippen LogP contribution in [-0.4, -0.2) is 0 Å². The molecule has 1 aromatic heterocycles. The number of thiophene rings is 1. The van der Waals surface area contributed by atoms with Gasteiger partial charge in [-0.3, -0.25) is 0 Å². The van der Waals surface area contributed by atoms with Crippen LogP contribution in [0.1, 0.15) is 5.56 Å². The molecule has 4 heteroatoms. The highest BCUT2D eigenvalue weighted by Gasteiger charge is 2.09. The Bertz CT molecular complexity index is 481. The van der Waals surface area contributed by atoms with Crippen molar-refractivity contribution in [1.29, 1.82) is 0 Å². The Kier molecular flexibility index (Phi) is 3.19. The summed E-state index contributed by atoms with van der Waals surface area (Å²) in [4.78, 5) is 1.02. The lowest BCUT2D eigenvalue weighted by atomic mass is 10.1. The maximum atomic E-state index is 13.2. The minimum atomic E-state index is -0.234. The zero-order valence-electron chi connectivity index (χ0n) is 7.84. The average Bonchev–Trinajstić information content (AvgIpc) is 2.64. The van der Waals surface area contributed by atoms with Gasteiger partial charge < -0.3 is 5.73 Å². The first kappa shape index (κ1) is 10.8. The maximum Gasteiger partial charge on any atom is 0.123 e. The van der Waals surface area contributed by atoms with E-state index in [1.54, 1.807) is 17.4 Å². The van der Waals surface area contributed by atoms with E-state index < -0.39 is 0 Å². The molecule has 2 rings (SSSR count). The van der Waals surface area contributed by atoms with Crippen LogP contribution in [-0.2, 0) is 6.54 Å². The van der Waals surface area contributed by atoms with Crippen molar-refractivity contribution in [2.45, 2.75) is 6.54 Å². The number of hydrogen-bond donors (Lipinski definition) is 1. The fraction of sp³-hybridized carbons (Fsp3) is 0.0909. The molecule has 0 saturated heterocycles. The lowest BCUT2D eigenvalue weighted by molar-refractivity contribution is 0.627. The van der Waals surface area contributed by atoms with Crippen LogP contribution in [0.25, 0.3) is 10.4 Å². The van der Waals surface area contributed by atoms with E-state index in [0.717, 1.165) is 20.5 Å². The molecule has 0 bridgehead atoms. The molecule has 0 atom stereocenters. The van der Waals surface area contributed by atoms with Gasteiger partial charge in [0.1, 0.15) is 5.82 Å². The van der Waals surface area contributed by atoms with Crippen molar-refractivity contribution in [3.8, 4) is 10.4 Å². The number of benzene rings is 1. The van der Waals surface area contributed by atoms with E-state index in [0.29, 0.717) is 6.54 Å². The lowest BCUT2D eigenvalue weighted by Gasteiger charge is -2.06. The van der Waals surface area contributed by atoms with Gasteiger partial charge in [-0.1, -0.05) is 6.07 Å². The highest BCUT2D eigenvalue weighted by Crippen LogP contribution is 2.35. The first-order chi connectivity index (χ1) is 7.22. The topological polar surface area (TPSA) is 26.0 Å². The van der Waals surface area contributed by atoms with Gasteiger partial charge in [-0.05, 0) is 45.1 Å². The van der Waals surface area contributed by atoms with Gasteiger partial charge in [0, 0.05) is 21.5 Å². The minimum Gasteiger partial charge on any atom is -0.326 e. The third-order valence-corrected chi connectivity index (χ3v) is 4.02. The number of halogens is 2. The van der Waals surface area contributed by atoms with Gasteiger partial charge in [0.2, 0.25) is 0 Å². The zero-order valence-corrected chi connectivity index (χ0v) is 10.2. The van der Waals surface area contributed by atoms with Crippen LogP contribution in [0.15, 0.2) is 34.1 Å². The predicted molar refractivity (Wildman–Crippen MR) is 65.3 cm³/mol. The Morgan fingerprint density at radius 2 is 2.13 bits per heavy atom. The molecule has 2 N–H and O–H groups in total. The largest absolute Gasteiger partial charge is 0.326 e. The number of hydrogen-bond acceptors (Lipinski definition) is 2. The summed E-state index contributed by atoms with van der Waals surface area (Å²) in [7, 11) is 0. The second-order valence-corrected chi connectivity index (χ2v) is 4.87. The van der Waals surface area contributed by atoms with Gasteiger partial charge in [0.05, 0.1) is 0 Å². The van der Waals surface area contributed by atoms with E-state index in [-0.39, 0.29) is 5.82 Å². The third-order valence-electron chi connectivity index (χ3n) is 2.15. The molecule has 78 valence electrons. The average molecular weight is 286 g/mol. The van der Waals surface area contributed by atoms with Gasteiger partial charge in [-0.15, -0.1) is 11.3 Å². The second-order valence-electron chi connectivity index (χ2n) is 3.10. The number of rotatable bonds is 2. The van der Waals surface area contributed by atoms with Gasteiger partial charge in [-0.2, -0.15) is 0 Å². The number of nitrogens with two attached hydrogens (primary N) is 1. The van der Waals surface area contributed by atoms with Crippen molar-refractivity contribution in [3.05, 3.63) is 45.5 Å². The molecule has 0 unspecified atom stereocenters. The van der Waals surface area contributed by atoms with Crippen molar-refractivity contribution in [2.75, 3.05) is 0 Å². The molecule has 15 heavy (non-hydrogen) atoms. The van der Waals surface area contributed by atoms with Gasteiger partial charge in [0.25, 0.3) is 0 Å². The standard InChI is InChI=1S/C11H9BrFNS/c12-10-3-4-15-11(10)9-5-8(13)2-1-7(9)6-14/h1-5H,6,14H2. The quantitative estimate of drug-likeness (QED) is 0.893. The van der Waals surface area contributed by atoms with Crippen LogP contribution in [0, 0.1) is 5.82 Å². The molecule has 0 radical (unpaired) electrons. The summed E-state index contributed by atoms with van der Waals surface area (Å²) >= 11 is 5.01. The summed E-state index contributed by atoms with van der Waals surface area (Å²) in [6.45, 7) is 0.417. The molecule has 0 fully saturated rings. The Labute approximate surface area is 99.9 Å². The van der Waals surface area contributed by atoms with Crippen LogP contribution in [0.4, 0.5) is 4.39 Å². The van der Waals surface area contributed by atoms with Crippen molar-refractivity contribution >= 4 is 27.3 Å². The lowest BCUT2D eigenvalue weighted by Crippen LogP contribution is -1.98. The van der Waals surface area contributed by atoms with Crippen LogP contribution in [0.2, 0.25) is 0 Å². The van der Waals surface area contributed by atoms with E-state index in [2.05, 4.69) is 15.9 Å². The van der Waals surface area contributed by atoms with E-state index in [1.807, 2.05) is 11.4 Å². The molecule has 1 heterocycles. The fourth-order valence-corrected chi connectivity index (χ4v) is 3.06. The smallest absolute Gasteiger partial charge is 0.123 e. The summed E-state index contributed by atoms with van der Waals surface area (Å²) in [5.41, 5.74) is 7.46. The van der Waals surface area contributed by atoms with Crippen LogP contribution >= 0.6 is 27.3 Å². The SMILES string of the molecule is NCc1ccc(F)cc1-c1sccc1Br. The molecule has 0 saturated carbocycles. The van der Waals surface area contributed by atoms with E-state index in [1.165, 1.54) is 12.1 Å². The highest BCUT2D eigenvalue weighted by atomic mass is 79.9. The van der Waals surface area contributed by atoms with E-state index in [9.17, 15) is 4.39 Å². The Balaban J connectivity index is 2.60. The van der Waals surface area contributed by atoms with Crippen LogP contribution in [0.5, 0.6) is 0 Å². The van der Waals surface area contributed by atoms with Gasteiger partial charge >= 0.3 is 0 Å². The normalized spacial score (nSPS) is 10.6. The molecule has 0 amide bonds. The summed E-state index contributed by atoms with van der Waals surface area (Å²) in [6, 6.07) is 6.65. The summed E-state index contributed by atoms with van der Waals surface area (Å²) < 4.78 is 14.1. The maximum absolute atomic E-state index is 13.2. The van der Waals surface area contributed by atoms with E-state index >= 15 is 0 Å². The molecule has 0 aliphatic carbocycles. The molecule has 0 spiro atoms. The Morgan fingerprint density at radius 1 is 1.33 bits per heavy atom. The fourth-order valence-electron chi connectivity index (χ4n) is 1.42. The van der Waals surface area contributed by atoms with Crippen LogP contribution < -0.4 is 5.73 Å². The Hall–Kier alpha value is -0.710. The van der Waals surface area contributed by atoms with Crippen molar-refractivity contribution in [3.63, 3.8) is 0 Å². The molecule has 0 aliphatic rings. The molecule has 1 aromatic carbocycles. The van der Waals surface area contributed by atoms with Gasteiger partial charge in [0.15, 0.2) is 0 Å². The molecular weight excluding hydrogens is 277 g/mol. The van der Waals surface area contributed by atoms with Gasteiger partial charge in [-0.25, -0.2) is 4.39 Å². The van der Waals surface area contributed by atoms with Crippen LogP contribution in [0.3, 0.4) is 0 Å². The highest BCUT2D eigenvalue weighted by molar-refractivity contribution is 9.10. The second kappa shape index (κ2) is 4.43. The molecular formula is C11H9BrFNS. The summed E-state index contributed by atoms with van der Waals surface area (Å²) in [5, 5.41) is 1.96. The molecule has 1 nitrogen and oxygen atoms in total. The first-order valence-electron chi connectivity index (χ1n) is 4.44. The Morgan fingerprint density at radius 3 is 2.73 bits per heavy atom. The van der Waals surface area contributed by atoms with Crippen molar-refractivity contribution in [1.82, 2.24) is 0 Å². The van der Waals surface area contributed by atoms with E-state index in [4.69, 9.17) is 5.73 Å². The third kappa shape index (κ3) is 2.12. The summed E-state index contributed by atoms with van der Waals surface area (Å²) in [5.74, 6) is -0.234. The van der Waals surface area contributed by atoms with Crippen molar-refractivity contribution < 1.29 is 4.39 Å². The minimum absolute atomic E-state index is 0.234.